The van der Waals surface area contributed by atoms with Crippen LogP contribution in [0, 0.1) is 5.92 Å². The quantitative estimate of drug-likeness (QED) is 0.916. The number of carbonyl (C=O) groups is 1. The Bertz CT molecular complexity index is 771. The van der Waals surface area contributed by atoms with E-state index < -0.39 is 0 Å². The van der Waals surface area contributed by atoms with Crippen LogP contribution in [0.15, 0.2) is 35.4 Å². The first kappa shape index (κ1) is 15.7. The number of piperidine rings is 1. The Morgan fingerprint density at radius 1 is 1.39 bits per heavy atom. The third-order valence-corrected chi connectivity index (χ3v) is 4.71. The molecule has 1 aliphatic heterocycles. The molecule has 2 N–H and O–H groups in total. The molecule has 1 aromatic carbocycles. The first-order valence-corrected chi connectivity index (χ1v) is 8.05. The molecule has 2 atom stereocenters. The third-order valence-electron chi connectivity index (χ3n) is 4.71. The molecule has 2 heterocycles. The van der Waals surface area contributed by atoms with Crippen molar-refractivity contribution < 1.29 is 4.79 Å². The van der Waals surface area contributed by atoms with Gasteiger partial charge in [0.15, 0.2) is 0 Å². The number of hydrogen-bond donors (Lipinski definition) is 1. The summed E-state index contributed by atoms with van der Waals surface area (Å²) in [6.45, 7) is 3.30. The lowest BCUT2D eigenvalue weighted by Crippen LogP contribution is -2.52. The number of nitrogens with two attached hydrogens (primary N) is 1. The SMILES string of the molecule is CC1CCCN(C(=O)Cn2cnc3ccccc3c2=O)C1CN. The molecule has 1 aromatic heterocycles. The maximum absolute atomic E-state index is 12.7. The fourth-order valence-corrected chi connectivity index (χ4v) is 3.37. The van der Waals surface area contributed by atoms with E-state index >= 15 is 0 Å². The molecule has 122 valence electrons. The van der Waals surface area contributed by atoms with E-state index in [0.717, 1.165) is 12.8 Å². The highest BCUT2D eigenvalue weighted by Gasteiger charge is 2.30. The van der Waals surface area contributed by atoms with Crippen molar-refractivity contribution in [2.45, 2.75) is 32.4 Å². The molecule has 1 fully saturated rings. The van der Waals surface area contributed by atoms with E-state index in [4.69, 9.17) is 5.73 Å². The van der Waals surface area contributed by atoms with Gasteiger partial charge in [-0.15, -0.1) is 0 Å². The van der Waals surface area contributed by atoms with Crippen LogP contribution in [0.3, 0.4) is 0 Å². The minimum absolute atomic E-state index is 0.0138. The highest BCUT2D eigenvalue weighted by molar-refractivity contribution is 5.79. The molecule has 0 saturated carbocycles. The topological polar surface area (TPSA) is 81.2 Å². The second-order valence-electron chi connectivity index (χ2n) is 6.20. The van der Waals surface area contributed by atoms with Gasteiger partial charge in [-0.05, 0) is 30.9 Å². The van der Waals surface area contributed by atoms with Gasteiger partial charge < -0.3 is 10.6 Å². The first-order valence-electron chi connectivity index (χ1n) is 8.05. The molecular formula is C17H22N4O2. The van der Waals surface area contributed by atoms with E-state index in [1.165, 1.54) is 10.9 Å². The molecular weight excluding hydrogens is 292 g/mol. The molecule has 6 nitrogen and oxygen atoms in total. The van der Waals surface area contributed by atoms with Gasteiger partial charge in [0.1, 0.15) is 6.54 Å². The van der Waals surface area contributed by atoms with Crippen LogP contribution < -0.4 is 11.3 Å². The van der Waals surface area contributed by atoms with Crippen LogP contribution in [0.2, 0.25) is 0 Å². The number of fused-ring (bicyclic) bond motifs is 1. The number of hydrogen-bond acceptors (Lipinski definition) is 4. The molecule has 1 amide bonds. The van der Waals surface area contributed by atoms with Gasteiger partial charge in [-0.1, -0.05) is 19.1 Å². The van der Waals surface area contributed by atoms with Gasteiger partial charge in [0.2, 0.25) is 5.91 Å². The van der Waals surface area contributed by atoms with E-state index in [1.807, 2.05) is 11.0 Å². The minimum Gasteiger partial charge on any atom is -0.337 e. The summed E-state index contributed by atoms with van der Waals surface area (Å²) in [7, 11) is 0. The van der Waals surface area contributed by atoms with Gasteiger partial charge in [-0.25, -0.2) is 4.98 Å². The molecule has 0 aliphatic carbocycles. The highest BCUT2D eigenvalue weighted by Crippen LogP contribution is 2.22. The van der Waals surface area contributed by atoms with Crippen LogP contribution in [0.4, 0.5) is 0 Å². The Labute approximate surface area is 134 Å². The van der Waals surface area contributed by atoms with Crippen molar-refractivity contribution in [3.8, 4) is 0 Å². The lowest BCUT2D eigenvalue weighted by atomic mass is 9.91. The third kappa shape index (κ3) is 2.99. The maximum atomic E-state index is 12.7. The summed E-state index contributed by atoms with van der Waals surface area (Å²) in [5.74, 6) is 0.329. The zero-order chi connectivity index (χ0) is 16.4. The molecule has 1 saturated heterocycles. The predicted molar refractivity (Wildman–Crippen MR) is 89.0 cm³/mol. The average molecular weight is 314 g/mol. The number of nitrogens with zero attached hydrogens (tertiary/aromatic N) is 3. The second-order valence-corrected chi connectivity index (χ2v) is 6.20. The van der Waals surface area contributed by atoms with Crippen LogP contribution in [0.5, 0.6) is 0 Å². The molecule has 3 rings (SSSR count). The predicted octanol–water partition coefficient (Wildman–Crippen LogP) is 0.982. The van der Waals surface area contributed by atoms with Crippen LogP contribution in [-0.4, -0.2) is 39.5 Å². The van der Waals surface area contributed by atoms with E-state index in [1.54, 1.807) is 18.2 Å². The molecule has 0 spiro atoms. The van der Waals surface area contributed by atoms with Gasteiger partial charge in [-0.3, -0.25) is 14.2 Å². The molecule has 23 heavy (non-hydrogen) atoms. The van der Waals surface area contributed by atoms with Gasteiger partial charge in [0, 0.05) is 19.1 Å². The van der Waals surface area contributed by atoms with Crippen LogP contribution in [0.25, 0.3) is 10.9 Å². The Kier molecular flexibility index (Phi) is 4.43. The summed E-state index contributed by atoms with van der Waals surface area (Å²) < 4.78 is 1.39. The van der Waals surface area contributed by atoms with Gasteiger partial charge in [-0.2, -0.15) is 0 Å². The van der Waals surface area contributed by atoms with E-state index in [-0.39, 0.29) is 24.1 Å². The first-order chi connectivity index (χ1) is 11.1. The smallest absolute Gasteiger partial charge is 0.261 e. The zero-order valence-electron chi connectivity index (χ0n) is 13.3. The minimum atomic E-state index is -0.182. The van der Waals surface area contributed by atoms with Crippen molar-refractivity contribution in [3.05, 3.63) is 40.9 Å². The van der Waals surface area contributed by atoms with E-state index in [2.05, 4.69) is 11.9 Å². The lowest BCUT2D eigenvalue weighted by molar-refractivity contribution is -0.136. The van der Waals surface area contributed by atoms with Crippen molar-refractivity contribution in [1.82, 2.24) is 14.5 Å². The van der Waals surface area contributed by atoms with Gasteiger partial charge in [0.05, 0.1) is 17.2 Å². The van der Waals surface area contributed by atoms with E-state index in [0.29, 0.717) is 29.9 Å². The van der Waals surface area contributed by atoms with Crippen molar-refractivity contribution in [2.75, 3.05) is 13.1 Å². The Morgan fingerprint density at radius 2 is 2.17 bits per heavy atom. The van der Waals surface area contributed by atoms with Crippen molar-refractivity contribution in [3.63, 3.8) is 0 Å². The van der Waals surface area contributed by atoms with Crippen molar-refractivity contribution >= 4 is 16.8 Å². The molecule has 1 aliphatic rings. The zero-order valence-corrected chi connectivity index (χ0v) is 13.3. The lowest BCUT2D eigenvalue weighted by Gasteiger charge is -2.39. The summed E-state index contributed by atoms with van der Waals surface area (Å²) in [6, 6.07) is 7.22. The number of carbonyl (C=O) groups excluding carboxylic acids is 1. The number of aromatic nitrogens is 2. The van der Waals surface area contributed by atoms with Crippen LogP contribution in [0.1, 0.15) is 19.8 Å². The summed E-state index contributed by atoms with van der Waals surface area (Å²) >= 11 is 0. The Hall–Kier alpha value is -2.21. The monoisotopic (exact) mass is 314 g/mol. The standard InChI is InChI=1S/C17H22N4O2/c1-12-5-4-8-21(15(12)9-18)16(22)10-20-11-19-14-7-3-2-6-13(14)17(20)23/h2-3,6-7,11-12,15H,4-5,8-10,18H2,1H3. The summed E-state index contributed by atoms with van der Waals surface area (Å²) in [5, 5.41) is 0.533. The van der Waals surface area contributed by atoms with Gasteiger partial charge >= 0.3 is 0 Å². The number of amides is 1. The maximum Gasteiger partial charge on any atom is 0.261 e. The van der Waals surface area contributed by atoms with Crippen LogP contribution >= 0.6 is 0 Å². The van der Waals surface area contributed by atoms with Crippen LogP contribution in [-0.2, 0) is 11.3 Å². The summed E-state index contributed by atoms with van der Waals surface area (Å²) in [6.07, 6.45) is 3.52. The number of para-hydroxylation sites is 1. The summed E-state index contributed by atoms with van der Waals surface area (Å²) in [5.41, 5.74) is 6.31. The fourth-order valence-electron chi connectivity index (χ4n) is 3.37. The fraction of sp³-hybridized carbons (Fsp3) is 0.471. The summed E-state index contributed by atoms with van der Waals surface area (Å²) in [4.78, 5) is 31.2. The highest BCUT2D eigenvalue weighted by atomic mass is 16.2. The molecule has 0 radical (unpaired) electrons. The number of likely N-dealkylation sites (tertiary alicyclic amines) is 1. The number of rotatable bonds is 3. The molecule has 2 aromatic rings. The largest absolute Gasteiger partial charge is 0.337 e. The normalized spacial score (nSPS) is 21.6. The Morgan fingerprint density at radius 3 is 2.96 bits per heavy atom. The van der Waals surface area contributed by atoms with E-state index in [9.17, 15) is 9.59 Å². The molecule has 0 bridgehead atoms. The molecule has 6 heteroatoms. The average Bonchev–Trinajstić information content (AvgIpc) is 2.57. The van der Waals surface area contributed by atoms with Crippen molar-refractivity contribution in [1.29, 1.82) is 0 Å². The molecule has 2 unspecified atom stereocenters. The van der Waals surface area contributed by atoms with Gasteiger partial charge in [0.25, 0.3) is 5.56 Å². The van der Waals surface area contributed by atoms with Crippen molar-refractivity contribution in [2.24, 2.45) is 11.7 Å². The Balaban J connectivity index is 1.85. The second kappa shape index (κ2) is 6.50. The number of benzene rings is 1.